The lowest BCUT2D eigenvalue weighted by molar-refractivity contribution is -0.111. The summed E-state index contributed by atoms with van der Waals surface area (Å²) in [5.41, 5.74) is 6.34. The number of anilines is 1. The quantitative estimate of drug-likeness (QED) is 0.623. The van der Waals surface area contributed by atoms with Crippen LogP contribution in [0.5, 0.6) is 5.75 Å². The molecule has 3 aromatic rings. The fourth-order valence-corrected chi connectivity index (χ4v) is 3.10. The van der Waals surface area contributed by atoms with Gasteiger partial charge in [0.05, 0.1) is 7.11 Å². The Morgan fingerprint density at radius 2 is 1.61 bits per heavy atom. The Balaban J connectivity index is 1.63. The second kappa shape index (κ2) is 9.00. The third-order valence-electron chi connectivity index (χ3n) is 4.58. The molecule has 3 rings (SSSR count). The van der Waals surface area contributed by atoms with Gasteiger partial charge in [-0.25, -0.2) is 0 Å². The van der Waals surface area contributed by atoms with Crippen molar-refractivity contribution in [3.63, 3.8) is 0 Å². The van der Waals surface area contributed by atoms with Gasteiger partial charge in [-0.15, -0.1) is 0 Å². The third-order valence-corrected chi connectivity index (χ3v) is 4.58. The van der Waals surface area contributed by atoms with Gasteiger partial charge in [0.15, 0.2) is 0 Å². The lowest BCUT2D eigenvalue weighted by Gasteiger charge is -2.09. The van der Waals surface area contributed by atoms with E-state index in [1.807, 2.05) is 68.5 Å². The molecule has 0 aliphatic heterocycles. The zero-order valence-electron chi connectivity index (χ0n) is 16.4. The summed E-state index contributed by atoms with van der Waals surface area (Å²) in [6.45, 7) is 4.02. The summed E-state index contributed by atoms with van der Waals surface area (Å²) in [6.07, 6.45) is 7.83. The number of hydrogen-bond acceptors (Lipinski definition) is 3. The molecule has 1 amide bonds. The highest BCUT2D eigenvalue weighted by Gasteiger charge is 2.04. The van der Waals surface area contributed by atoms with Crippen LogP contribution in [0, 0.1) is 13.8 Å². The molecular formula is C24H24N2O2. The number of pyridine rings is 1. The van der Waals surface area contributed by atoms with Crippen LogP contribution in [0.2, 0.25) is 0 Å². The van der Waals surface area contributed by atoms with Crippen LogP contribution in [-0.2, 0) is 11.2 Å². The minimum Gasteiger partial charge on any atom is -0.497 e. The molecule has 142 valence electrons. The fraction of sp³-hybridized carbons (Fsp3) is 0.167. The minimum absolute atomic E-state index is 0.156. The molecule has 4 heteroatoms. The van der Waals surface area contributed by atoms with Gasteiger partial charge in [-0.1, -0.05) is 12.1 Å². The second-order valence-corrected chi connectivity index (χ2v) is 6.73. The number of carbonyl (C=O) groups excluding carboxylic acids is 1. The van der Waals surface area contributed by atoms with Gasteiger partial charge >= 0.3 is 0 Å². The molecule has 4 nitrogen and oxygen atoms in total. The van der Waals surface area contributed by atoms with Crippen LogP contribution in [0.3, 0.4) is 0 Å². The number of rotatable bonds is 6. The topological polar surface area (TPSA) is 51.2 Å². The Labute approximate surface area is 165 Å². The second-order valence-electron chi connectivity index (χ2n) is 6.73. The number of amides is 1. The molecule has 0 unspecified atom stereocenters. The van der Waals surface area contributed by atoms with Crippen molar-refractivity contribution in [1.29, 1.82) is 0 Å². The number of nitrogens with zero attached hydrogens (tertiary/aromatic N) is 1. The highest BCUT2D eigenvalue weighted by Crippen LogP contribution is 2.23. The summed E-state index contributed by atoms with van der Waals surface area (Å²) >= 11 is 0. The van der Waals surface area contributed by atoms with E-state index in [9.17, 15) is 4.79 Å². The van der Waals surface area contributed by atoms with Crippen LogP contribution in [0.15, 0.2) is 67.0 Å². The van der Waals surface area contributed by atoms with Crippen molar-refractivity contribution in [3.05, 3.63) is 94.8 Å². The molecule has 0 bridgehead atoms. The van der Waals surface area contributed by atoms with Crippen molar-refractivity contribution in [1.82, 2.24) is 4.98 Å². The normalized spacial score (nSPS) is 10.8. The number of carbonyl (C=O) groups is 1. The van der Waals surface area contributed by atoms with Crippen molar-refractivity contribution in [3.8, 4) is 5.75 Å². The SMILES string of the molecule is COc1cc(C)c(/C=C/C(=O)Nc2ccc(Cc3ccncc3)cc2)c(C)c1. The Hall–Kier alpha value is -3.40. The van der Waals surface area contributed by atoms with Crippen LogP contribution in [0.25, 0.3) is 6.08 Å². The van der Waals surface area contributed by atoms with E-state index < -0.39 is 0 Å². The number of ether oxygens (including phenoxy) is 1. The van der Waals surface area contributed by atoms with Gasteiger partial charge < -0.3 is 10.1 Å². The summed E-state index contributed by atoms with van der Waals surface area (Å²) in [7, 11) is 1.65. The van der Waals surface area contributed by atoms with Gasteiger partial charge in [-0.05, 0) is 90.6 Å². The first-order chi connectivity index (χ1) is 13.5. The van der Waals surface area contributed by atoms with Crippen LogP contribution < -0.4 is 10.1 Å². The van der Waals surface area contributed by atoms with E-state index in [4.69, 9.17) is 4.74 Å². The summed E-state index contributed by atoms with van der Waals surface area (Å²) in [6, 6.07) is 15.8. The van der Waals surface area contributed by atoms with Crippen molar-refractivity contribution in [2.45, 2.75) is 20.3 Å². The molecular weight excluding hydrogens is 348 g/mol. The molecule has 0 aliphatic carbocycles. The highest BCUT2D eigenvalue weighted by molar-refractivity contribution is 6.02. The monoisotopic (exact) mass is 372 g/mol. The summed E-state index contributed by atoms with van der Waals surface area (Å²) in [5.74, 6) is 0.667. The van der Waals surface area contributed by atoms with Crippen LogP contribution in [0.1, 0.15) is 27.8 Å². The lowest BCUT2D eigenvalue weighted by atomic mass is 10.0. The van der Waals surface area contributed by atoms with Crippen LogP contribution >= 0.6 is 0 Å². The zero-order valence-corrected chi connectivity index (χ0v) is 16.4. The Kier molecular flexibility index (Phi) is 6.22. The first-order valence-corrected chi connectivity index (χ1v) is 9.17. The number of aryl methyl sites for hydroxylation is 2. The van der Waals surface area contributed by atoms with E-state index >= 15 is 0 Å². The largest absolute Gasteiger partial charge is 0.497 e. The van der Waals surface area contributed by atoms with Crippen molar-refractivity contribution < 1.29 is 9.53 Å². The van der Waals surface area contributed by atoms with Crippen molar-refractivity contribution in [2.24, 2.45) is 0 Å². The Morgan fingerprint density at radius 3 is 2.21 bits per heavy atom. The molecule has 0 radical (unpaired) electrons. The standard InChI is InChI=1S/C24H24N2O2/c1-17-14-22(28-3)15-18(2)23(17)8-9-24(27)26-21-6-4-19(5-7-21)16-20-10-12-25-13-11-20/h4-15H,16H2,1-3H3,(H,26,27)/b9-8+. The highest BCUT2D eigenvalue weighted by atomic mass is 16.5. The maximum Gasteiger partial charge on any atom is 0.248 e. The van der Waals surface area contributed by atoms with Crippen LogP contribution in [-0.4, -0.2) is 18.0 Å². The predicted octanol–water partition coefficient (Wildman–Crippen LogP) is 4.95. The third kappa shape index (κ3) is 5.07. The molecule has 28 heavy (non-hydrogen) atoms. The maximum absolute atomic E-state index is 12.3. The van der Waals surface area contributed by atoms with E-state index in [0.717, 1.165) is 34.5 Å². The predicted molar refractivity (Wildman–Crippen MR) is 114 cm³/mol. The van der Waals surface area contributed by atoms with Gasteiger partial charge in [0, 0.05) is 24.2 Å². The summed E-state index contributed by atoms with van der Waals surface area (Å²) in [4.78, 5) is 16.3. The number of aromatic nitrogens is 1. The number of benzene rings is 2. The molecule has 1 aromatic heterocycles. The van der Waals surface area contributed by atoms with Crippen molar-refractivity contribution in [2.75, 3.05) is 12.4 Å². The molecule has 0 aliphatic rings. The molecule has 0 fully saturated rings. The minimum atomic E-state index is -0.156. The first-order valence-electron chi connectivity index (χ1n) is 9.17. The van der Waals surface area contributed by atoms with Gasteiger partial charge in [0.2, 0.25) is 5.91 Å². The number of methoxy groups -OCH3 is 1. The van der Waals surface area contributed by atoms with Gasteiger partial charge in [-0.2, -0.15) is 0 Å². The van der Waals surface area contributed by atoms with Crippen molar-refractivity contribution >= 4 is 17.7 Å². The Bertz CT molecular complexity index is 954. The lowest BCUT2D eigenvalue weighted by Crippen LogP contribution is -2.07. The first kappa shape index (κ1) is 19.4. The van der Waals surface area contributed by atoms with E-state index in [-0.39, 0.29) is 5.91 Å². The fourth-order valence-electron chi connectivity index (χ4n) is 3.10. The zero-order chi connectivity index (χ0) is 19.9. The van der Waals surface area contributed by atoms with Gasteiger partial charge in [0.25, 0.3) is 0 Å². The van der Waals surface area contributed by atoms with E-state index in [1.165, 1.54) is 11.1 Å². The average molecular weight is 372 g/mol. The Morgan fingerprint density at radius 1 is 1.00 bits per heavy atom. The van der Waals surface area contributed by atoms with E-state index in [0.29, 0.717) is 0 Å². The number of nitrogens with one attached hydrogen (secondary N) is 1. The van der Waals surface area contributed by atoms with Gasteiger partial charge in [0.1, 0.15) is 5.75 Å². The number of hydrogen-bond donors (Lipinski definition) is 1. The molecule has 2 aromatic carbocycles. The molecule has 0 saturated carbocycles. The molecule has 0 saturated heterocycles. The summed E-state index contributed by atoms with van der Waals surface area (Å²) in [5, 5.41) is 2.90. The molecule has 1 heterocycles. The molecule has 1 N–H and O–H groups in total. The smallest absolute Gasteiger partial charge is 0.248 e. The van der Waals surface area contributed by atoms with Crippen LogP contribution in [0.4, 0.5) is 5.69 Å². The maximum atomic E-state index is 12.3. The van der Waals surface area contributed by atoms with E-state index in [2.05, 4.69) is 10.3 Å². The molecule has 0 spiro atoms. The average Bonchev–Trinajstić information content (AvgIpc) is 2.69. The molecule has 0 atom stereocenters. The summed E-state index contributed by atoms with van der Waals surface area (Å²) < 4.78 is 5.28. The van der Waals surface area contributed by atoms with Gasteiger partial charge in [-0.3, -0.25) is 9.78 Å². The van der Waals surface area contributed by atoms with E-state index in [1.54, 1.807) is 25.6 Å².